The van der Waals surface area contributed by atoms with Gasteiger partial charge in [0.15, 0.2) is 0 Å². The third-order valence-corrected chi connectivity index (χ3v) is 11.3. The Hall–Kier alpha value is -2.62. The molecule has 4 aliphatic rings. The molecule has 0 bridgehead atoms. The molecule has 0 aromatic heterocycles. The van der Waals surface area contributed by atoms with Crippen LogP contribution in [0.1, 0.15) is 82.9 Å². The highest BCUT2D eigenvalue weighted by atomic mass is 16.2. The fourth-order valence-corrected chi connectivity index (χ4v) is 9.37. The van der Waals surface area contributed by atoms with Crippen molar-refractivity contribution < 1.29 is 9.59 Å². The maximum atomic E-state index is 14.1. The second-order valence-corrected chi connectivity index (χ2v) is 13.1. The van der Waals surface area contributed by atoms with Crippen molar-refractivity contribution in [3.63, 3.8) is 0 Å². The van der Waals surface area contributed by atoms with Gasteiger partial charge >= 0.3 is 0 Å². The first kappa shape index (κ1) is 24.7. The number of fused-ring (bicyclic) bond motifs is 5. The average molecular weight is 499 g/mol. The van der Waals surface area contributed by atoms with Crippen LogP contribution in [0.3, 0.4) is 0 Å². The molecule has 3 saturated carbocycles. The molecule has 4 heteroatoms. The first-order chi connectivity index (χ1) is 17.8. The van der Waals surface area contributed by atoms with Gasteiger partial charge in [0.1, 0.15) is 0 Å². The van der Waals surface area contributed by atoms with Crippen molar-refractivity contribution >= 4 is 11.8 Å². The number of amides is 2. The molecule has 2 amide bonds. The van der Waals surface area contributed by atoms with Gasteiger partial charge in [-0.1, -0.05) is 81.4 Å². The molecule has 2 aromatic rings. The largest absolute Gasteiger partial charge is 0.353 e. The summed E-state index contributed by atoms with van der Waals surface area (Å²) < 4.78 is 0. The summed E-state index contributed by atoms with van der Waals surface area (Å²) >= 11 is 0. The first-order valence-electron chi connectivity index (χ1n) is 14.5. The van der Waals surface area contributed by atoms with E-state index in [4.69, 9.17) is 0 Å². The lowest BCUT2D eigenvalue weighted by Crippen LogP contribution is -2.63. The molecule has 6 rings (SSSR count). The molecule has 1 aliphatic heterocycles. The highest BCUT2D eigenvalue weighted by molar-refractivity contribution is 5.81. The standard InChI is InChI=1S/C33H42N2O2/c1-21-20-27-33(3,19-17-28(36)34-27)25-16-18-32(2)24(29(21)25)14-15-26(32)31(37)35-30(22-10-6-4-7-11-22)23-12-8-5-9-13-23/h4-13,21,24-27,29-30H,14-20H2,1-3H3,(H,34,36)(H,35,37)/t21?,24-,25+,26?,27?,29-,32-,33+/m0/s1. The van der Waals surface area contributed by atoms with Gasteiger partial charge in [-0.05, 0) is 84.2 Å². The summed E-state index contributed by atoms with van der Waals surface area (Å²) in [6, 6.07) is 20.9. The van der Waals surface area contributed by atoms with Crippen LogP contribution in [-0.2, 0) is 9.59 Å². The third kappa shape index (κ3) is 4.02. The Balaban J connectivity index is 1.25. The Kier molecular flexibility index (Phi) is 6.20. The van der Waals surface area contributed by atoms with Crippen LogP contribution in [0, 0.1) is 40.4 Å². The molecule has 4 nitrogen and oxygen atoms in total. The molecule has 3 unspecified atom stereocenters. The Bertz CT molecular complexity index is 1110. The number of hydrogen-bond acceptors (Lipinski definition) is 2. The number of nitrogens with one attached hydrogen (secondary N) is 2. The second kappa shape index (κ2) is 9.29. The summed E-state index contributed by atoms with van der Waals surface area (Å²) in [4.78, 5) is 26.3. The van der Waals surface area contributed by atoms with Crippen LogP contribution in [0.2, 0.25) is 0 Å². The van der Waals surface area contributed by atoms with Crippen molar-refractivity contribution in [2.45, 2.75) is 77.8 Å². The first-order valence-corrected chi connectivity index (χ1v) is 14.5. The Morgan fingerprint density at radius 1 is 0.892 bits per heavy atom. The quantitative estimate of drug-likeness (QED) is 0.522. The van der Waals surface area contributed by atoms with Crippen LogP contribution in [0.15, 0.2) is 60.7 Å². The second-order valence-electron chi connectivity index (χ2n) is 13.1. The van der Waals surface area contributed by atoms with Gasteiger partial charge in [-0.15, -0.1) is 0 Å². The minimum absolute atomic E-state index is 0.0402. The highest BCUT2D eigenvalue weighted by Crippen LogP contribution is 2.66. The highest BCUT2D eigenvalue weighted by Gasteiger charge is 2.63. The van der Waals surface area contributed by atoms with Gasteiger partial charge in [-0.3, -0.25) is 9.59 Å². The van der Waals surface area contributed by atoms with Crippen molar-refractivity contribution in [2.24, 2.45) is 40.4 Å². The fourth-order valence-electron chi connectivity index (χ4n) is 9.37. The van der Waals surface area contributed by atoms with Crippen molar-refractivity contribution in [3.05, 3.63) is 71.8 Å². The topological polar surface area (TPSA) is 58.2 Å². The maximum Gasteiger partial charge on any atom is 0.224 e. The lowest BCUT2D eigenvalue weighted by atomic mass is 9.45. The summed E-state index contributed by atoms with van der Waals surface area (Å²) in [6.07, 6.45) is 7.18. The smallest absolute Gasteiger partial charge is 0.224 e. The minimum atomic E-state index is -0.131. The zero-order valence-corrected chi connectivity index (χ0v) is 22.6. The molecule has 4 fully saturated rings. The van der Waals surface area contributed by atoms with Crippen LogP contribution in [0.25, 0.3) is 0 Å². The van der Waals surface area contributed by atoms with Gasteiger partial charge in [0, 0.05) is 18.4 Å². The van der Waals surface area contributed by atoms with Crippen LogP contribution in [-0.4, -0.2) is 17.9 Å². The third-order valence-electron chi connectivity index (χ3n) is 11.3. The van der Waals surface area contributed by atoms with E-state index in [1.54, 1.807) is 0 Å². The lowest BCUT2D eigenvalue weighted by molar-refractivity contribution is -0.148. The van der Waals surface area contributed by atoms with E-state index in [9.17, 15) is 9.59 Å². The predicted molar refractivity (Wildman–Crippen MR) is 146 cm³/mol. The number of carbonyl (C=O) groups excluding carboxylic acids is 2. The Morgan fingerprint density at radius 2 is 1.51 bits per heavy atom. The van der Waals surface area contributed by atoms with Gasteiger partial charge in [-0.2, -0.15) is 0 Å². The Labute approximate surface area is 222 Å². The van der Waals surface area contributed by atoms with E-state index in [0.29, 0.717) is 36.1 Å². The normalized spacial score (nSPS) is 38.8. The van der Waals surface area contributed by atoms with Gasteiger partial charge in [0.05, 0.1) is 6.04 Å². The van der Waals surface area contributed by atoms with Gasteiger partial charge in [-0.25, -0.2) is 0 Å². The monoisotopic (exact) mass is 498 g/mol. The minimum Gasteiger partial charge on any atom is -0.353 e. The maximum absolute atomic E-state index is 14.1. The lowest BCUT2D eigenvalue weighted by Gasteiger charge is -2.62. The Morgan fingerprint density at radius 3 is 2.16 bits per heavy atom. The molecule has 37 heavy (non-hydrogen) atoms. The van der Waals surface area contributed by atoms with Crippen LogP contribution < -0.4 is 10.6 Å². The predicted octanol–water partition coefficient (Wildman–Crippen LogP) is 6.28. The number of hydrogen-bond donors (Lipinski definition) is 2. The van der Waals surface area contributed by atoms with Crippen molar-refractivity contribution in [3.8, 4) is 0 Å². The van der Waals surface area contributed by atoms with Gasteiger partial charge in [0.2, 0.25) is 11.8 Å². The zero-order chi connectivity index (χ0) is 25.8. The summed E-state index contributed by atoms with van der Waals surface area (Å²) in [5, 5.41) is 6.87. The van der Waals surface area contributed by atoms with E-state index < -0.39 is 0 Å². The molecule has 0 radical (unpaired) electrons. The van der Waals surface area contributed by atoms with E-state index in [1.165, 1.54) is 6.42 Å². The molecular formula is C33H42N2O2. The summed E-state index contributed by atoms with van der Waals surface area (Å²) in [5.41, 5.74) is 2.49. The van der Waals surface area contributed by atoms with E-state index >= 15 is 0 Å². The van der Waals surface area contributed by atoms with Gasteiger partial charge < -0.3 is 10.6 Å². The number of piperidine rings is 1. The molecule has 1 saturated heterocycles. The van der Waals surface area contributed by atoms with E-state index in [1.807, 2.05) is 12.1 Å². The van der Waals surface area contributed by atoms with E-state index in [-0.39, 0.29) is 34.6 Å². The van der Waals surface area contributed by atoms with Crippen LogP contribution >= 0.6 is 0 Å². The molecule has 8 atom stereocenters. The SMILES string of the molecule is CC1CC2NC(=O)CC[C@]2(C)[C@@H]2CC[C@]3(C)C(C(=O)NC(c4ccccc4)c4ccccc4)CC[C@H]3[C@H]12. The molecule has 2 aromatic carbocycles. The molecule has 3 aliphatic carbocycles. The molecule has 1 heterocycles. The van der Waals surface area contributed by atoms with E-state index in [0.717, 1.165) is 43.2 Å². The summed E-state index contributed by atoms with van der Waals surface area (Å²) in [6.45, 7) is 7.29. The van der Waals surface area contributed by atoms with Crippen molar-refractivity contribution in [1.29, 1.82) is 0 Å². The molecule has 2 N–H and O–H groups in total. The average Bonchev–Trinajstić information content (AvgIpc) is 3.26. The zero-order valence-electron chi connectivity index (χ0n) is 22.6. The number of benzene rings is 2. The number of carbonyl (C=O) groups is 2. The molecule has 0 spiro atoms. The van der Waals surface area contributed by atoms with Crippen LogP contribution in [0.5, 0.6) is 0 Å². The fraction of sp³-hybridized carbons (Fsp3) is 0.576. The molecular weight excluding hydrogens is 456 g/mol. The van der Waals surface area contributed by atoms with Crippen molar-refractivity contribution in [2.75, 3.05) is 0 Å². The van der Waals surface area contributed by atoms with E-state index in [2.05, 4.69) is 79.9 Å². The van der Waals surface area contributed by atoms with Gasteiger partial charge in [0.25, 0.3) is 0 Å². The summed E-state index contributed by atoms with van der Waals surface area (Å²) in [5.74, 6) is 2.96. The number of rotatable bonds is 4. The molecule has 196 valence electrons. The van der Waals surface area contributed by atoms with Crippen LogP contribution in [0.4, 0.5) is 0 Å². The van der Waals surface area contributed by atoms with Crippen molar-refractivity contribution in [1.82, 2.24) is 10.6 Å². The summed E-state index contributed by atoms with van der Waals surface area (Å²) in [7, 11) is 0.